The molecule has 0 radical (unpaired) electrons. The summed E-state index contributed by atoms with van der Waals surface area (Å²) in [6.45, 7) is 1.33. The topological polar surface area (TPSA) is 72.5 Å². The zero-order valence-corrected chi connectivity index (χ0v) is 11.1. The second-order valence-electron chi connectivity index (χ2n) is 5.41. The van der Waals surface area contributed by atoms with E-state index in [9.17, 15) is 4.79 Å². The van der Waals surface area contributed by atoms with E-state index in [0.29, 0.717) is 13.2 Å². The van der Waals surface area contributed by atoms with Crippen molar-refractivity contribution in [2.45, 2.75) is 32.1 Å². The third kappa shape index (κ3) is 3.70. The van der Waals surface area contributed by atoms with Gasteiger partial charge in [0, 0.05) is 12.0 Å². The van der Waals surface area contributed by atoms with Crippen molar-refractivity contribution in [3.05, 3.63) is 29.8 Å². The minimum absolute atomic E-state index is 0.0486. The molecule has 0 spiro atoms. The minimum Gasteiger partial charge on any atom is -0.493 e. The van der Waals surface area contributed by atoms with Gasteiger partial charge in [-0.15, -0.1) is 0 Å². The molecule has 0 amide bonds. The van der Waals surface area contributed by atoms with Gasteiger partial charge in [0.15, 0.2) is 0 Å². The van der Waals surface area contributed by atoms with E-state index in [1.807, 2.05) is 12.1 Å². The van der Waals surface area contributed by atoms with Crippen molar-refractivity contribution < 1.29 is 14.6 Å². The van der Waals surface area contributed by atoms with Crippen molar-refractivity contribution in [3.63, 3.8) is 0 Å². The molecule has 0 heterocycles. The maximum Gasteiger partial charge on any atom is 0.307 e. The zero-order chi connectivity index (χ0) is 13.7. The van der Waals surface area contributed by atoms with Crippen molar-refractivity contribution in [1.29, 1.82) is 0 Å². The number of carbonyl (C=O) groups is 1. The molecule has 4 heteroatoms. The molecule has 0 aliphatic heterocycles. The van der Waals surface area contributed by atoms with E-state index in [-0.39, 0.29) is 11.8 Å². The fourth-order valence-electron chi connectivity index (χ4n) is 2.65. The van der Waals surface area contributed by atoms with Crippen LogP contribution in [0.1, 0.15) is 31.2 Å². The summed E-state index contributed by atoms with van der Waals surface area (Å²) in [5, 5.41) is 8.70. The number of aliphatic carboxylic acids is 1. The van der Waals surface area contributed by atoms with Gasteiger partial charge in [0.25, 0.3) is 0 Å². The maximum absolute atomic E-state index is 10.6. The van der Waals surface area contributed by atoms with Crippen molar-refractivity contribution in [2.75, 3.05) is 13.2 Å². The summed E-state index contributed by atoms with van der Waals surface area (Å²) in [4.78, 5) is 10.6. The van der Waals surface area contributed by atoms with Gasteiger partial charge < -0.3 is 15.6 Å². The Balaban J connectivity index is 1.90. The number of nitrogens with two attached hydrogens (primary N) is 1. The highest BCUT2D eigenvalue weighted by atomic mass is 16.5. The summed E-state index contributed by atoms with van der Waals surface area (Å²) in [5.74, 6) is -0.0319. The van der Waals surface area contributed by atoms with Crippen molar-refractivity contribution in [2.24, 2.45) is 11.1 Å². The lowest BCUT2D eigenvalue weighted by Crippen LogP contribution is -2.33. The molecule has 1 aliphatic rings. The molecular weight excluding hydrogens is 242 g/mol. The molecule has 4 nitrogen and oxygen atoms in total. The van der Waals surface area contributed by atoms with Gasteiger partial charge in [-0.3, -0.25) is 4.79 Å². The van der Waals surface area contributed by atoms with Crippen LogP contribution < -0.4 is 10.5 Å². The van der Waals surface area contributed by atoms with Crippen LogP contribution in [0, 0.1) is 5.41 Å². The van der Waals surface area contributed by atoms with E-state index in [1.54, 1.807) is 12.1 Å². The Morgan fingerprint density at radius 3 is 2.42 bits per heavy atom. The van der Waals surface area contributed by atoms with Gasteiger partial charge >= 0.3 is 5.97 Å². The van der Waals surface area contributed by atoms with E-state index in [2.05, 4.69) is 0 Å². The van der Waals surface area contributed by atoms with Crippen molar-refractivity contribution in [3.8, 4) is 5.75 Å². The molecule has 1 saturated carbocycles. The second-order valence-corrected chi connectivity index (χ2v) is 5.41. The molecule has 1 fully saturated rings. The molecule has 3 N–H and O–H groups in total. The number of carboxylic acid groups (broad SMARTS) is 1. The average molecular weight is 263 g/mol. The Bertz CT molecular complexity index is 422. The first kappa shape index (κ1) is 13.9. The summed E-state index contributed by atoms with van der Waals surface area (Å²) < 4.78 is 5.82. The van der Waals surface area contributed by atoms with E-state index >= 15 is 0 Å². The van der Waals surface area contributed by atoms with E-state index in [1.165, 1.54) is 12.8 Å². The Kier molecular flexibility index (Phi) is 4.43. The van der Waals surface area contributed by atoms with Crippen molar-refractivity contribution >= 4 is 5.97 Å². The number of hydrogen-bond donors (Lipinski definition) is 2. The highest BCUT2D eigenvalue weighted by molar-refractivity contribution is 5.70. The van der Waals surface area contributed by atoms with Crippen LogP contribution in [0.2, 0.25) is 0 Å². The molecule has 0 saturated heterocycles. The lowest BCUT2D eigenvalue weighted by atomic mass is 9.87. The average Bonchev–Trinajstić information content (AvgIpc) is 2.87. The molecule has 1 aliphatic carbocycles. The predicted molar refractivity (Wildman–Crippen MR) is 73.2 cm³/mol. The SMILES string of the molecule is NCC1(COc2ccc(CC(=O)O)cc2)CCCC1. The van der Waals surface area contributed by atoms with E-state index in [4.69, 9.17) is 15.6 Å². The minimum atomic E-state index is -0.818. The summed E-state index contributed by atoms with van der Waals surface area (Å²) in [5.41, 5.74) is 6.79. The smallest absolute Gasteiger partial charge is 0.307 e. The van der Waals surface area contributed by atoms with E-state index in [0.717, 1.165) is 24.2 Å². The first-order valence-electron chi connectivity index (χ1n) is 6.77. The lowest BCUT2D eigenvalue weighted by molar-refractivity contribution is -0.136. The molecule has 0 unspecified atom stereocenters. The molecule has 2 rings (SSSR count). The number of hydrogen-bond acceptors (Lipinski definition) is 3. The van der Waals surface area contributed by atoms with Crippen LogP contribution in [0.15, 0.2) is 24.3 Å². The first-order valence-corrected chi connectivity index (χ1v) is 6.77. The summed E-state index contributed by atoms with van der Waals surface area (Å²) in [6.07, 6.45) is 4.80. The van der Waals surface area contributed by atoms with Crippen LogP contribution in [0.5, 0.6) is 5.75 Å². The normalized spacial score (nSPS) is 17.3. The number of carboxylic acids is 1. The molecule has 0 aromatic heterocycles. The fraction of sp³-hybridized carbons (Fsp3) is 0.533. The van der Waals surface area contributed by atoms with Crippen LogP contribution in [0.25, 0.3) is 0 Å². The molecule has 0 bridgehead atoms. The van der Waals surface area contributed by atoms with Gasteiger partial charge in [-0.05, 0) is 30.5 Å². The van der Waals surface area contributed by atoms with Crippen LogP contribution >= 0.6 is 0 Å². The molecule has 19 heavy (non-hydrogen) atoms. The van der Waals surface area contributed by atoms with Crippen LogP contribution in [-0.4, -0.2) is 24.2 Å². The monoisotopic (exact) mass is 263 g/mol. The van der Waals surface area contributed by atoms with Crippen molar-refractivity contribution in [1.82, 2.24) is 0 Å². The third-order valence-corrected chi connectivity index (χ3v) is 3.92. The number of rotatable bonds is 6. The lowest BCUT2D eigenvalue weighted by Gasteiger charge is -2.27. The van der Waals surface area contributed by atoms with Crippen LogP contribution in [0.3, 0.4) is 0 Å². The second kappa shape index (κ2) is 6.06. The molecule has 0 atom stereocenters. The molecule has 1 aromatic rings. The quantitative estimate of drug-likeness (QED) is 0.825. The van der Waals surface area contributed by atoms with E-state index < -0.39 is 5.97 Å². The van der Waals surface area contributed by atoms with Gasteiger partial charge in [0.1, 0.15) is 5.75 Å². The highest BCUT2D eigenvalue weighted by Gasteiger charge is 2.33. The van der Waals surface area contributed by atoms with Gasteiger partial charge in [0.05, 0.1) is 13.0 Å². The highest BCUT2D eigenvalue weighted by Crippen LogP contribution is 2.37. The summed E-state index contributed by atoms with van der Waals surface area (Å²) >= 11 is 0. The van der Waals surface area contributed by atoms with Gasteiger partial charge in [-0.25, -0.2) is 0 Å². The zero-order valence-electron chi connectivity index (χ0n) is 11.1. The Labute approximate surface area is 113 Å². The summed E-state index contributed by atoms with van der Waals surface area (Å²) in [6, 6.07) is 7.26. The standard InChI is InChI=1S/C15H21NO3/c16-10-15(7-1-2-8-15)11-19-13-5-3-12(4-6-13)9-14(17)18/h3-6H,1-2,7-11,16H2,(H,17,18). The summed E-state index contributed by atoms with van der Waals surface area (Å²) in [7, 11) is 0. The Morgan fingerprint density at radius 2 is 1.89 bits per heavy atom. The van der Waals surface area contributed by atoms with Crippen LogP contribution in [-0.2, 0) is 11.2 Å². The molecule has 104 valence electrons. The van der Waals surface area contributed by atoms with Crippen LogP contribution in [0.4, 0.5) is 0 Å². The largest absolute Gasteiger partial charge is 0.493 e. The molecule has 1 aromatic carbocycles. The maximum atomic E-state index is 10.6. The Morgan fingerprint density at radius 1 is 1.26 bits per heavy atom. The van der Waals surface area contributed by atoms with Gasteiger partial charge in [-0.2, -0.15) is 0 Å². The van der Waals surface area contributed by atoms with Gasteiger partial charge in [0.2, 0.25) is 0 Å². The first-order chi connectivity index (χ1) is 9.13. The number of benzene rings is 1. The Hall–Kier alpha value is -1.55. The number of ether oxygens (including phenoxy) is 1. The fourth-order valence-corrected chi connectivity index (χ4v) is 2.65. The molecular formula is C15H21NO3. The predicted octanol–water partition coefficient (Wildman–Crippen LogP) is 2.21. The van der Waals surface area contributed by atoms with Gasteiger partial charge in [-0.1, -0.05) is 25.0 Å². The third-order valence-electron chi connectivity index (χ3n) is 3.92.